The fourth-order valence-electron chi connectivity index (χ4n) is 4.09. The van der Waals surface area contributed by atoms with E-state index in [-0.39, 0.29) is 38.4 Å². The summed E-state index contributed by atoms with van der Waals surface area (Å²) in [5, 5.41) is 2.26. The molecule has 32 heavy (non-hydrogen) atoms. The first-order chi connectivity index (χ1) is 15.4. The highest BCUT2D eigenvalue weighted by molar-refractivity contribution is 6.05. The van der Waals surface area contributed by atoms with Crippen molar-refractivity contribution in [2.45, 2.75) is 71.9 Å². The highest BCUT2D eigenvalue weighted by Gasteiger charge is 2.40. The van der Waals surface area contributed by atoms with Crippen LogP contribution in [0, 0.1) is 11.7 Å². The van der Waals surface area contributed by atoms with E-state index < -0.39 is 11.9 Å². The molecule has 7 nitrogen and oxygen atoms in total. The lowest BCUT2D eigenvalue weighted by molar-refractivity contribution is -0.136. The Balaban J connectivity index is 0.000000706. The molecule has 0 spiro atoms. The summed E-state index contributed by atoms with van der Waals surface area (Å²) >= 11 is 0. The van der Waals surface area contributed by atoms with E-state index in [4.69, 9.17) is 4.79 Å². The van der Waals surface area contributed by atoms with Gasteiger partial charge in [0.25, 0.3) is 5.91 Å². The van der Waals surface area contributed by atoms with Gasteiger partial charge >= 0.3 is 0 Å². The summed E-state index contributed by atoms with van der Waals surface area (Å²) in [7, 11) is 0. The third-order valence-electron chi connectivity index (χ3n) is 6.25. The molecule has 178 valence electrons. The Labute approximate surface area is 190 Å². The summed E-state index contributed by atoms with van der Waals surface area (Å²) in [4.78, 5) is 47.5. The molecule has 0 bridgehead atoms. The van der Waals surface area contributed by atoms with E-state index in [0.717, 1.165) is 25.9 Å². The molecule has 0 aromatic heterocycles. The Morgan fingerprint density at radius 2 is 1.72 bits per heavy atom. The van der Waals surface area contributed by atoms with Gasteiger partial charge in [-0.05, 0) is 37.3 Å². The molecule has 0 radical (unpaired) electrons. The molecule has 3 aliphatic heterocycles. The van der Waals surface area contributed by atoms with E-state index in [1.165, 1.54) is 17.7 Å². The van der Waals surface area contributed by atoms with Gasteiger partial charge in [0.15, 0.2) is 5.82 Å². The molecule has 1 N–H and O–H groups in total. The number of carbonyl (C=O) groups is 4. The number of nitrogens with zero attached hydrogens (tertiary/aromatic N) is 2. The van der Waals surface area contributed by atoms with Crippen LogP contribution in [0.15, 0.2) is 12.1 Å². The van der Waals surface area contributed by atoms with E-state index >= 15 is 4.39 Å². The predicted octanol–water partition coefficient (Wildman–Crippen LogP) is 3.69. The Kier molecular flexibility index (Phi) is 9.35. The van der Waals surface area contributed by atoms with Crippen LogP contribution in [0.1, 0.15) is 76.6 Å². The average molecular weight is 450 g/mol. The van der Waals surface area contributed by atoms with E-state index in [9.17, 15) is 14.4 Å². The summed E-state index contributed by atoms with van der Waals surface area (Å²) in [6.45, 7) is 10.3. The van der Waals surface area contributed by atoms with Crippen molar-refractivity contribution in [1.82, 2.24) is 10.2 Å². The second kappa shape index (κ2) is 11.7. The van der Waals surface area contributed by atoms with Gasteiger partial charge in [0, 0.05) is 32.1 Å². The van der Waals surface area contributed by atoms with Gasteiger partial charge in [-0.15, -0.1) is 0 Å². The van der Waals surface area contributed by atoms with Crippen molar-refractivity contribution in [2.75, 3.05) is 18.0 Å². The number of hydrogen-bond acceptors (Lipinski definition) is 5. The second-order valence-electron chi connectivity index (χ2n) is 8.49. The molecule has 3 heterocycles. The van der Waals surface area contributed by atoms with E-state index in [0.29, 0.717) is 22.7 Å². The minimum atomic E-state index is -0.716. The summed E-state index contributed by atoms with van der Waals surface area (Å²) in [6.07, 6.45) is 5.16. The molecule has 2 fully saturated rings. The average Bonchev–Trinajstić information content (AvgIpc) is 3.13. The van der Waals surface area contributed by atoms with Crippen molar-refractivity contribution in [1.29, 1.82) is 0 Å². The van der Waals surface area contributed by atoms with Crippen molar-refractivity contribution in [3.63, 3.8) is 0 Å². The number of fused-ring (bicyclic) bond motifs is 1. The Morgan fingerprint density at radius 3 is 2.28 bits per heavy atom. The molecule has 1 aromatic carbocycles. The molecular formula is C24H36FN3O4. The third-order valence-corrected chi connectivity index (χ3v) is 6.25. The van der Waals surface area contributed by atoms with Crippen molar-refractivity contribution in [3.8, 4) is 0 Å². The summed E-state index contributed by atoms with van der Waals surface area (Å²) in [5.74, 6) is -0.864. The molecule has 1 unspecified atom stereocenters. The fourth-order valence-corrected chi connectivity index (χ4v) is 4.09. The Hall–Kier alpha value is -2.77. The zero-order chi connectivity index (χ0) is 23.8. The number of nitrogens with one attached hydrogen (secondary N) is 1. The highest BCUT2D eigenvalue weighted by Crippen LogP contribution is 2.35. The van der Waals surface area contributed by atoms with Crippen molar-refractivity contribution in [2.24, 2.45) is 5.92 Å². The Morgan fingerprint density at radius 1 is 1.09 bits per heavy atom. The van der Waals surface area contributed by atoms with Gasteiger partial charge in [-0.25, -0.2) is 4.39 Å². The molecule has 2 saturated heterocycles. The molecule has 4 rings (SSSR count). The van der Waals surface area contributed by atoms with Crippen molar-refractivity contribution >= 4 is 30.2 Å². The Bertz CT molecular complexity index is 841. The molecule has 8 heteroatoms. The first-order valence-corrected chi connectivity index (χ1v) is 11.4. The maximum Gasteiger partial charge on any atom is 0.255 e. The number of hydrogen-bond donors (Lipinski definition) is 1. The number of rotatable bonds is 3. The zero-order valence-electron chi connectivity index (χ0n) is 19.3. The fraction of sp³-hybridized carbons (Fsp3) is 0.583. The number of carbonyl (C=O) groups excluding carboxylic acids is 4. The number of halogens is 1. The van der Waals surface area contributed by atoms with Gasteiger partial charge in [-0.1, -0.05) is 33.6 Å². The molecule has 3 aliphatic rings. The van der Waals surface area contributed by atoms with Gasteiger partial charge in [-0.3, -0.25) is 19.7 Å². The van der Waals surface area contributed by atoms with Crippen LogP contribution in [-0.2, 0) is 20.9 Å². The van der Waals surface area contributed by atoms with Crippen molar-refractivity contribution in [3.05, 3.63) is 29.1 Å². The first kappa shape index (κ1) is 25.5. The third kappa shape index (κ3) is 5.53. The minimum absolute atomic E-state index is 0. The molecule has 3 amide bonds. The monoisotopic (exact) mass is 449 g/mol. The lowest BCUT2D eigenvalue weighted by Gasteiger charge is -2.32. The topological polar surface area (TPSA) is 86.8 Å². The molecule has 1 atom stereocenters. The van der Waals surface area contributed by atoms with Crippen LogP contribution in [0.3, 0.4) is 0 Å². The molecule has 0 saturated carbocycles. The summed E-state index contributed by atoms with van der Waals surface area (Å²) in [6, 6.07) is 2.63. The largest absolute Gasteiger partial charge is 0.369 e. The van der Waals surface area contributed by atoms with Gasteiger partial charge < -0.3 is 14.6 Å². The van der Waals surface area contributed by atoms with Gasteiger partial charge in [0.05, 0.1) is 12.2 Å². The standard InChI is InChI=1S/C19H22FN3O3.C4H10.CH2O.H2/c1-11-6-8-22(9-7-11)14-3-2-12-13(17(14)20)10-23(19(12)26)15-4-5-16(24)21-18(15)25;1-3-4-2;1-2;/h2-3,11,15H,4-10H2,1H3,(H,21,24,25);3-4H2,1-2H3;1H2;1H. The predicted molar refractivity (Wildman–Crippen MR) is 123 cm³/mol. The second-order valence-corrected chi connectivity index (χ2v) is 8.49. The van der Waals surface area contributed by atoms with Crippen LogP contribution in [0.4, 0.5) is 10.1 Å². The quantitative estimate of drug-likeness (QED) is 0.711. The molecule has 0 aliphatic carbocycles. The maximum absolute atomic E-state index is 15.2. The first-order valence-electron chi connectivity index (χ1n) is 11.4. The van der Waals surface area contributed by atoms with Crippen LogP contribution in [0.5, 0.6) is 0 Å². The number of piperidine rings is 2. The zero-order valence-corrected chi connectivity index (χ0v) is 19.3. The minimum Gasteiger partial charge on any atom is -0.369 e. The van der Waals surface area contributed by atoms with Crippen LogP contribution in [-0.4, -0.2) is 48.5 Å². The lowest BCUT2D eigenvalue weighted by atomic mass is 9.98. The molecule has 1 aromatic rings. The summed E-state index contributed by atoms with van der Waals surface area (Å²) < 4.78 is 15.2. The van der Waals surface area contributed by atoms with Gasteiger partial charge in [0.2, 0.25) is 11.8 Å². The maximum atomic E-state index is 15.2. The summed E-state index contributed by atoms with van der Waals surface area (Å²) in [5.41, 5.74) is 1.21. The lowest BCUT2D eigenvalue weighted by Crippen LogP contribution is -2.52. The number of amides is 3. The van der Waals surface area contributed by atoms with E-state index in [1.54, 1.807) is 12.1 Å². The van der Waals surface area contributed by atoms with Gasteiger partial charge in [-0.2, -0.15) is 0 Å². The highest BCUT2D eigenvalue weighted by atomic mass is 19.1. The smallest absolute Gasteiger partial charge is 0.255 e. The number of imide groups is 1. The van der Waals surface area contributed by atoms with E-state index in [1.807, 2.05) is 11.7 Å². The number of anilines is 1. The van der Waals surface area contributed by atoms with Crippen LogP contribution in [0.25, 0.3) is 0 Å². The van der Waals surface area contributed by atoms with Crippen LogP contribution < -0.4 is 10.2 Å². The van der Waals surface area contributed by atoms with E-state index in [2.05, 4.69) is 26.1 Å². The van der Waals surface area contributed by atoms with Crippen LogP contribution >= 0.6 is 0 Å². The van der Waals surface area contributed by atoms with Crippen LogP contribution in [0.2, 0.25) is 0 Å². The number of unbranched alkanes of at least 4 members (excludes halogenated alkanes) is 1. The van der Waals surface area contributed by atoms with Crippen molar-refractivity contribution < 1.29 is 25.0 Å². The normalized spacial score (nSPS) is 20.6. The van der Waals surface area contributed by atoms with Gasteiger partial charge in [0.1, 0.15) is 12.8 Å². The SMILES string of the molecule is C=O.CC1CCN(c2ccc3c(c2F)CN(C2CCC(=O)NC2=O)C3=O)CC1.CCCC.[HH]. The number of benzene rings is 1. The molecular weight excluding hydrogens is 413 g/mol.